The van der Waals surface area contributed by atoms with Crippen LogP contribution in [0.2, 0.25) is 0 Å². The minimum Gasteiger partial charge on any atom is -0.389 e. The van der Waals surface area contributed by atoms with Crippen molar-refractivity contribution in [1.29, 1.82) is 0 Å². The number of nitrogens with two attached hydrogens (primary N) is 1. The summed E-state index contributed by atoms with van der Waals surface area (Å²) in [5.41, 5.74) is 6.28. The molecule has 2 nitrogen and oxygen atoms in total. The fourth-order valence-electron chi connectivity index (χ4n) is 1.04. The molecular weight excluding hydrogens is 187 g/mol. The summed E-state index contributed by atoms with van der Waals surface area (Å²) in [6.45, 7) is 0. The molecule has 0 saturated carbocycles. The molecule has 0 bridgehead atoms. The van der Waals surface area contributed by atoms with Gasteiger partial charge in [-0.2, -0.15) is 0 Å². The molecular formula is C9H7FN2S. The summed E-state index contributed by atoms with van der Waals surface area (Å²) in [6.07, 6.45) is 1.57. The first-order valence-electron chi connectivity index (χ1n) is 3.73. The third kappa shape index (κ3) is 1.67. The van der Waals surface area contributed by atoms with E-state index in [1.165, 1.54) is 23.5 Å². The van der Waals surface area contributed by atoms with Crippen molar-refractivity contribution in [3.05, 3.63) is 36.3 Å². The maximum Gasteiger partial charge on any atom is 0.125 e. The molecule has 1 aromatic heterocycles. The van der Waals surface area contributed by atoms with E-state index in [0.29, 0.717) is 5.00 Å². The molecule has 2 aromatic rings. The first-order chi connectivity index (χ1) is 6.25. The van der Waals surface area contributed by atoms with Gasteiger partial charge in [-0.25, -0.2) is 9.37 Å². The highest BCUT2D eigenvalue weighted by Crippen LogP contribution is 2.26. The molecule has 0 aliphatic heterocycles. The zero-order valence-electron chi connectivity index (χ0n) is 6.70. The summed E-state index contributed by atoms with van der Waals surface area (Å²) >= 11 is 1.35. The molecule has 0 spiro atoms. The van der Waals surface area contributed by atoms with Crippen molar-refractivity contribution in [2.75, 3.05) is 5.73 Å². The topological polar surface area (TPSA) is 38.9 Å². The highest BCUT2D eigenvalue weighted by Gasteiger charge is 2.02. The van der Waals surface area contributed by atoms with Crippen molar-refractivity contribution in [2.24, 2.45) is 0 Å². The molecule has 4 heteroatoms. The van der Waals surface area contributed by atoms with Crippen LogP contribution in [0.15, 0.2) is 30.5 Å². The molecule has 1 heterocycles. The van der Waals surface area contributed by atoms with Crippen molar-refractivity contribution in [1.82, 2.24) is 4.98 Å². The third-order valence-electron chi connectivity index (χ3n) is 1.60. The number of nitrogens with zero attached hydrogens (tertiary/aromatic N) is 1. The Bertz CT molecular complexity index is 425. The SMILES string of the molecule is Nc1cnc(-c2cccc(F)c2)s1. The van der Waals surface area contributed by atoms with E-state index in [0.717, 1.165) is 10.6 Å². The van der Waals surface area contributed by atoms with Crippen LogP contribution in [0.3, 0.4) is 0 Å². The molecule has 0 saturated heterocycles. The molecule has 2 rings (SSSR count). The fraction of sp³-hybridized carbons (Fsp3) is 0. The minimum atomic E-state index is -0.258. The molecule has 0 radical (unpaired) electrons. The second-order valence-corrected chi connectivity index (χ2v) is 3.64. The molecule has 1 aromatic carbocycles. The molecule has 66 valence electrons. The van der Waals surface area contributed by atoms with Gasteiger partial charge in [0.15, 0.2) is 0 Å². The normalized spacial score (nSPS) is 10.2. The third-order valence-corrected chi connectivity index (χ3v) is 2.47. The lowest BCUT2D eigenvalue weighted by Gasteiger charge is -1.94. The summed E-state index contributed by atoms with van der Waals surface area (Å²) in [6, 6.07) is 6.31. The zero-order valence-corrected chi connectivity index (χ0v) is 7.51. The van der Waals surface area contributed by atoms with Crippen LogP contribution in [-0.2, 0) is 0 Å². The summed E-state index contributed by atoms with van der Waals surface area (Å²) < 4.78 is 12.8. The van der Waals surface area contributed by atoms with Crippen LogP contribution in [0.25, 0.3) is 10.6 Å². The van der Waals surface area contributed by atoms with Crippen LogP contribution in [0.5, 0.6) is 0 Å². The van der Waals surface area contributed by atoms with Crippen LogP contribution < -0.4 is 5.73 Å². The van der Waals surface area contributed by atoms with Crippen molar-refractivity contribution in [3.63, 3.8) is 0 Å². The second-order valence-electron chi connectivity index (χ2n) is 2.58. The summed E-state index contributed by atoms with van der Waals surface area (Å²) in [5, 5.41) is 1.39. The number of hydrogen-bond acceptors (Lipinski definition) is 3. The van der Waals surface area contributed by atoms with Crippen molar-refractivity contribution in [2.45, 2.75) is 0 Å². The van der Waals surface area contributed by atoms with Crippen LogP contribution in [0.4, 0.5) is 9.39 Å². The highest BCUT2D eigenvalue weighted by atomic mass is 32.1. The van der Waals surface area contributed by atoms with Crippen molar-refractivity contribution >= 4 is 16.3 Å². The largest absolute Gasteiger partial charge is 0.389 e. The smallest absolute Gasteiger partial charge is 0.125 e. The average Bonchev–Trinajstić information content (AvgIpc) is 2.52. The number of hydrogen-bond donors (Lipinski definition) is 1. The van der Waals surface area contributed by atoms with E-state index in [1.807, 2.05) is 0 Å². The number of thiazole rings is 1. The summed E-state index contributed by atoms with van der Waals surface area (Å²) in [4.78, 5) is 4.05. The van der Waals surface area contributed by atoms with E-state index in [9.17, 15) is 4.39 Å². The maximum absolute atomic E-state index is 12.8. The summed E-state index contributed by atoms with van der Waals surface area (Å²) in [5.74, 6) is -0.258. The molecule has 0 fully saturated rings. The van der Waals surface area contributed by atoms with Gasteiger partial charge in [0.1, 0.15) is 15.8 Å². The van der Waals surface area contributed by atoms with Crippen LogP contribution in [-0.4, -0.2) is 4.98 Å². The van der Waals surface area contributed by atoms with Crippen molar-refractivity contribution in [3.8, 4) is 10.6 Å². The van der Waals surface area contributed by atoms with E-state index >= 15 is 0 Å². The van der Waals surface area contributed by atoms with E-state index in [-0.39, 0.29) is 5.82 Å². The first kappa shape index (κ1) is 8.19. The van der Waals surface area contributed by atoms with Gasteiger partial charge >= 0.3 is 0 Å². The number of aromatic nitrogens is 1. The van der Waals surface area contributed by atoms with Crippen LogP contribution >= 0.6 is 11.3 Å². The fourth-order valence-corrected chi connectivity index (χ4v) is 1.72. The molecule has 0 aliphatic rings. The number of halogens is 1. The lowest BCUT2D eigenvalue weighted by Crippen LogP contribution is -1.77. The minimum absolute atomic E-state index is 0.258. The Labute approximate surface area is 78.9 Å². The highest BCUT2D eigenvalue weighted by molar-refractivity contribution is 7.18. The summed E-state index contributed by atoms with van der Waals surface area (Å²) in [7, 11) is 0. The van der Waals surface area contributed by atoms with Gasteiger partial charge in [0.2, 0.25) is 0 Å². The van der Waals surface area contributed by atoms with Gasteiger partial charge < -0.3 is 5.73 Å². The number of anilines is 1. The van der Waals surface area contributed by atoms with Gasteiger partial charge in [0.05, 0.1) is 6.20 Å². The van der Waals surface area contributed by atoms with Gasteiger partial charge in [0.25, 0.3) is 0 Å². The number of nitrogen functional groups attached to an aromatic ring is 1. The lowest BCUT2D eigenvalue weighted by molar-refractivity contribution is 0.628. The Kier molecular flexibility index (Phi) is 1.98. The van der Waals surface area contributed by atoms with Gasteiger partial charge in [-0.15, -0.1) is 0 Å². The maximum atomic E-state index is 12.8. The zero-order chi connectivity index (χ0) is 9.26. The van der Waals surface area contributed by atoms with E-state index in [4.69, 9.17) is 5.73 Å². The standard InChI is InChI=1S/C9H7FN2S/c10-7-3-1-2-6(4-7)9-12-5-8(11)13-9/h1-5H,11H2. The van der Waals surface area contributed by atoms with Gasteiger partial charge in [-0.05, 0) is 12.1 Å². The average molecular weight is 194 g/mol. The van der Waals surface area contributed by atoms with Crippen LogP contribution in [0, 0.1) is 5.82 Å². The Morgan fingerprint density at radius 2 is 2.23 bits per heavy atom. The Balaban J connectivity index is 2.46. The van der Waals surface area contributed by atoms with E-state index in [2.05, 4.69) is 4.98 Å². The van der Waals surface area contributed by atoms with Gasteiger partial charge in [-0.3, -0.25) is 0 Å². The molecule has 0 amide bonds. The van der Waals surface area contributed by atoms with Crippen LogP contribution in [0.1, 0.15) is 0 Å². The molecule has 13 heavy (non-hydrogen) atoms. The van der Waals surface area contributed by atoms with E-state index in [1.54, 1.807) is 18.3 Å². The Morgan fingerprint density at radius 1 is 1.38 bits per heavy atom. The molecule has 0 aliphatic carbocycles. The predicted molar refractivity (Wildman–Crippen MR) is 51.9 cm³/mol. The molecule has 2 N–H and O–H groups in total. The molecule has 0 unspecified atom stereocenters. The predicted octanol–water partition coefficient (Wildman–Crippen LogP) is 2.53. The Hall–Kier alpha value is -1.42. The second kappa shape index (κ2) is 3.14. The Morgan fingerprint density at radius 3 is 2.85 bits per heavy atom. The van der Waals surface area contributed by atoms with Gasteiger partial charge in [-0.1, -0.05) is 23.5 Å². The van der Waals surface area contributed by atoms with Crippen molar-refractivity contribution < 1.29 is 4.39 Å². The first-order valence-corrected chi connectivity index (χ1v) is 4.54. The lowest BCUT2D eigenvalue weighted by atomic mass is 10.2. The monoisotopic (exact) mass is 194 g/mol. The van der Waals surface area contributed by atoms with Gasteiger partial charge in [0, 0.05) is 5.56 Å². The number of rotatable bonds is 1. The number of benzene rings is 1. The quantitative estimate of drug-likeness (QED) is 0.757. The molecule has 0 atom stereocenters. The van der Waals surface area contributed by atoms with E-state index < -0.39 is 0 Å².